The molecule has 0 saturated heterocycles. The van der Waals surface area contributed by atoms with Crippen LogP contribution in [0.4, 0.5) is 0 Å². The highest BCUT2D eigenvalue weighted by atomic mass is 16.5. The molecule has 15 heavy (non-hydrogen) atoms. The quantitative estimate of drug-likeness (QED) is 0.637. The maximum Gasteiger partial charge on any atom is 0.0636 e. The Bertz CT molecular complexity index is 233. The van der Waals surface area contributed by atoms with Gasteiger partial charge in [0.15, 0.2) is 0 Å². The average molecular weight is 210 g/mol. The van der Waals surface area contributed by atoms with E-state index in [-0.39, 0.29) is 0 Å². The van der Waals surface area contributed by atoms with Gasteiger partial charge in [0.2, 0.25) is 0 Å². The van der Waals surface area contributed by atoms with Crippen molar-refractivity contribution < 1.29 is 4.74 Å². The summed E-state index contributed by atoms with van der Waals surface area (Å²) in [5.41, 5.74) is 0.954. The summed E-state index contributed by atoms with van der Waals surface area (Å²) in [6.45, 7) is 10.6. The maximum absolute atomic E-state index is 6.12. The van der Waals surface area contributed by atoms with E-state index >= 15 is 0 Å². The first-order valence-electron chi connectivity index (χ1n) is 6.64. The summed E-state index contributed by atoms with van der Waals surface area (Å²) in [5.74, 6) is 0.911. The van der Waals surface area contributed by atoms with E-state index in [1.165, 1.54) is 32.1 Å². The fraction of sp³-hybridized carbons (Fsp3) is 1.00. The molecule has 0 spiro atoms. The maximum atomic E-state index is 6.12. The Morgan fingerprint density at radius 1 is 1.27 bits per heavy atom. The second kappa shape index (κ2) is 3.76. The van der Waals surface area contributed by atoms with Crippen LogP contribution >= 0.6 is 0 Å². The molecule has 3 atom stereocenters. The van der Waals surface area contributed by atoms with Crippen LogP contribution in [-0.2, 0) is 4.74 Å². The lowest BCUT2D eigenvalue weighted by molar-refractivity contribution is -0.0472. The largest absolute Gasteiger partial charge is 0.378 e. The molecule has 2 aliphatic rings. The number of hydrogen-bond acceptors (Lipinski definition) is 1. The molecule has 2 aliphatic carbocycles. The summed E-state index contributed by atoms with van der Waals surface area (Å²) in [5, 5.41) is 0. The molecule has 0 aromatic rings. The number of rotatable bonds is 4. The van der Waals surface area contributed by atoms with Gasteiger partial charge in [0.1, 0.15) is 0 Å². The minimum Gasteiger partial charge on any atom is -0.378 e. The Balaban J connectivity index is 1.99. The van der Waals surface area contributed by atoms with Crippen molar-refractivity contribution in [3.05, 3.63) is 0 Å². The predicted molar refractivity (Wildman–Crippen MR) is 63.9 cm³/mol. The average Bonchev–Trinajstić information content (AvgIpc) is 2.51. The third-order valence-corrected chi connectivity index (χ3v) is 5.53. The van der Waals surface area contributed by atoms with Gasteiger partial charge >= 0.3 is 0 Å². The van der Waals surface area contributed by atoms with Crippen LogP contribution in [0.5, 0.6) is 0 Å². The van der Waals surface area contributed by atoms with Gasteiger partial charge in [-0.05, 0) is 42.4 Å². The van der Waals surface area contributed by atoms with Gasteiger partial charge in [0, 0.05) is 6.61 Å². The fourth-order valence-electron chi connectivity index (χ4n) is 3.75. The lowest BCUT2D eigenvalue weighted by atomic mass is 9.70. The number of unbranched alkanes of at least 4 members (excludes halogenated alkanes) is 1. The lowest BCUT2D eigenvalue weighted by Gasteiger charge is -2.38. The topological polar surface area (TPSA) is 9.23 Å². The van der Waals surface area contributed by atoms with Gasteiger partial charge in [-0.25, -0.2) is 0 Å². The molecule has 2 rings (SSSR count). The molecule has 1 heteroatoms. The molecular weight excluding hydrogens is 184 g/mol. The predicted octanol–water partition coefficient (Wildman–Crippen LogP) is 4.02. The Kier molecular flexibility index (Phi) is 2.87. The minimum atomic E-state index is 0.450. The summed E-state index contributed by atoms with van der Waals surface area (Å²) in [6.07, 6.45) is 7.12. The molecule has 1 nitrogen and oxygen atoms in total. The van der Waals surface area contributed by atoms with Crippen LogP contribution in [0.2, 0.25) is 0 Å². The molecule has 3 unspecified atom stereocenters. The van der Waals surface area contributed by atoms with Crippen LogP contribution in [0.15, 0.2) is 0 Å². The second-order valence-electron chi connectivity index (χ2n) is 6.32. The van der Waals surface area contributed by atoms with Gasteiger partial charge < -0.3 is 4.74 Å². The third kappa shape index (κ3) is 1.54. The van der Waals surface area contributed by atoms with E-state index < -0.39 is 0 Å². The van der Waals surface area contributed by atoms with Gasteiger partial charge in [0.05, 0.1) is 6.10 Å². The van der Waals surface area contributed by atoms with E-state index in [2.05, 4.69) is 27.7 Å². The molecule has 0 N–H and O–H groups in total. The minimum absolute atomic E-state index is 0.450. The van der Waals surface area contributed by atoms with E-state index in [9.17, 15) is 0 Å². The van der Waals surface area contributed by atoms with Crippen LogP contribution in [-0.4, -0.2) is 12.7 Å². The van der Waals surface area contributed by atoms with Gasteiger partial charge in [0.25, 0.3) is 0 Å². The number of hydrogen-bond donors (Lipinski definition) is 0. The van der Waals surface area contributed by atoms with E-state index in [4.69, 9.17) is 4.74 Å². The molecule has 0 aromatic heterocycles. The van der Waals surface area contributed by atoms with Crippen molar-refractivity contribution in [3.63, 3.8) is 0 Å². The zero-order valence-electron chi connectivity index (χ0n) is 10.8. The lowest BCUT2D eigenvalue weighted by Crippen LogP contribution is -2.37. The van der Waals surface area contributed by atoms with Crippen LogP contribution < -0.4 is 0 Å². The molecule has 88 valence electrons. The van der Waals surface area contributed by atoms with Crippen molar-refractivity contribution in [3.8, 4) is 0 Å². The summed E-state index contributed by atoms with van der Waals surface area (Å²) in [4.78, 5) is 0. The third-order valence-electron chi connectivity index (χ3n) is 5.53. The summed E-state index contributed by atoms with van der Waals surface area (Å²) in [7, 11) is 0. The van der Waals surface area contributed by atoms with Crippen molar-refractivity contribution in [2.75, 3.05) is 6.61 Å². The Morgan fingerprint density at radius 2 is 2.00 bits per heavy atom. The molecular formula is C14H26O. The highest BCUT2D eigenvalue weighted by molar-refractivity contribution is 5.11. The van der Waals surface area contributed by atoms with Crippen LogP contribution in [0.1, 0.15) is 59.8 Å². The summed E-state index contributed by atoms with van der Waals surface area (Å²) in [6, 6.07) is 0. The van der Waals surface area contributed by atoms with Crippen molar-refractivity contribution in [1.29, 1.82) is 0 Å². The number of fused-ring (bicyclic) bond motifs is 2. The SMILES string of the molecule is CCCCOC1CC2CCC1(C)C2(C)C. The Labute approximate surface area is 94.6 Å². The van der Waals surface area contributed by atoms with Gasteiger partial charge in [-0.1, -0.05) is 34.1 Å². The van der Waals surface area contributed by atoms with Crippen molar-refractivity contribution in [1.82, 2.24) is 0 Å². The van der Waals surface area contributed by atoms with Gasteiger partial charge in [-0.3, -0.25) is 0 Å². The molecule has 0 radical (unpaired) electrons. The fourth-order valence-corrected chi connectivity index (χ4v) is 3.75. The van der Waals surface area contributed by atoms with E-state index in [1.807, 2.05) is 0 Å². The van der Waals surface area contributed by atoms with Gasteiger partial charge in [-0.2, -0.15) is 0 Å². The highest BCUT2D eigenvalue weighted by Crippen LogP contribution is 2.66. The van der Waals surface area contributed by atoms with Crippen molar-refractivity contribution >= 4 is 0 Å². The zero-order chi connectivity index (χ0) is 11.1. The molecule has 0 aliphatic heterocycles. The van der Waals surface area contributed by atoms with E-state index in [0.717, 1.165) is 12.5 Å². The molecule has 2 bridgehead atoms. The normalized spacial score (nSPS) is 42.4. The summed E-state index contributed by atoms with van der Waals surface area (Å²) >= 11 is 0. The van der Waals surface area contributed by atoms with E-state index in [1.54, 1.807) is 0 Å². The van der Waals surface area contributed by atoms with Crippen molar-refractivity contribution in [2.24, 2.45) is 16.7 Å². The Morgan fingerprint density at radius 3 is 2.47 bits per heavy atom. The Hall–Kier alpha value is -0.0400. The van der Waals surface area contributed by atoms with Gasteiger partial charge in [-0.15, -0.1) is 0 Å². The van der Waals surface area contributed by atoms with Crippen LogP contribution in [0.3, 0.4) is 0 Å². The molecule has 0 heterocycles. The smallest absolute Gasteiger partial charge is 0.0636 e. The van der Waals surface area contributed by atoms with E-state index in [0.29, 0.717) is 16.9 Å². The molecule has 2 saturated carbocycles. The first-order valence-corrected chi connectivity index (χ1v) is 6.64. The first kappa shape index (κ1) is 11.4. The summed E-state index contributed by atoms with van der Waals surface area (Å²) < 4.78 is 6.12. The van der Waals surface area contributed by atoms with Crippen LogP contribution in [0, 0.1) is 16.7 Å². The molecule has 0 aromatic carbocycles. The van der Waals surface area contributed by atoms with Crippen LogP contribution in [0.25, 0.3) is 0 Å². The second-order valence-corrected chi connectivity index (χ2v) is 6.32. The molecule has 2 fully saturated rings. The highest BCUT2D eigenvalue weighted by Gasteiger charge is 2.61. The first-order chi connectivity index (χ1) is 7.02. The van der Waals surface area contributed by atoms with Crippen molar-refractivity contribution in [2.45, 2.75) is 65.9 Å². The monoisotopic (exact) mass is 210 g/mol. The number of ether oxygens (including phenoxy) is 1. The zero-order valence-corrected chi connectivity index (χ0v) is 10.8. The standard InChI is InChI=1S/C14H26O/c1-5-6-9-15-12-10-11-7-8-14(12,4)13(11,2)3/h11-12H,5-10H2,1-4H3. The molecule has 0 amide bonds.